The number of rotatable bonds is 5. The number of aromatic nitrogens is 2. The van der Waals surface area contributed by atoms with Crippen molar-refractivity contribution in [3.05, 3.63) is 17.5 Å². The number of aryl methyl sites for hydroxylation is 2. The van der Waals surface area contributed by atoms with Gasteiger partial charge in [0.05, 0.1) is 11.4 Å². The Morgan fingerprint density at radius 3 is 2.72 bits per heavy atom. The van der Waals surface area contributed by atoms with Crippen LogP contribution in [0.4, 0.5) is 0 Å². The molecule has 2 heterocycles. The lowest BCUT2D eigenvalue weighted by Gasteiger charge is -2.31. The summed E-state index contributed by atoms with van der Waals surface area (Å²) in [7, 11) is 2.24. The van der Waals surface area contributed by atoms with Gasteiger partial charge in [0.2, 0.25) is 0 Å². The largest absolute Gasteiger partial charge is 0.317 e. The summed E-state index contributed by atoms with van der Waals surface area (Å²) in [6, 6.07) is 2.98. The van der Waals surface area contributed by atoms with Gasteiger partial charge in [-0.3, -0.25) is 9.58 Å². The number of piperidine rings is 1. The molecule has 0 bridgehead atoms. The highest BCUT2D eigenvalue weighted by atomic mass is 15.3. The highest BCUT2D eigenvalue weighted by Crippen LogP contribution is 2.14. The van der Waals surface area contributed by atoms with Gasteiger partial charge in [0.1, 0.15) is 0 Å². The van der Waals surface area contributed by atoms with Crippen molar-refractivity contribution in [2.24, 2.45) is 0 Å². The van der Waals surface area contributed by atoms with Gasteiger partial charge in [-0.2, -0.15) is 5.10 Å². The molecule has 0 aromatic carbocycles. The molecule has 0 saturated carbocycles. The summed E-state index contributed by atoms with van der Waals surface area (Å²) in [5.41, 5.74) is 2.57. The fourth-order valence-corrected chi connectivity index (χ4v) is 2.72. The highest BCUT2D eigenvalue weighted by molar-refractivity contribution is 5.10. The van der Waals surface area contributed by atoms with Crippen LogP contribution in [0.25, 0.3) is 0 Å². The highest BCUT2D eigenvalue weighted by Gasteiger charge is 2.19. The first-order chi connectivity index (χ1) is 8.74. The molecule has 1 aliphatic heterocycles. The maximum Gasteiger partial charge on any atom is 0.0625 e. The van der Waals surface area contributed by atoms with Gasteiger partial charge in [0.25, 0.3) is 0 Å². The molecule has 0 unspecified atom stereocenters. The molecular formula is C14H26N4. The third-order valence-electron chi connectivity index (χ3n) is 3.92. The van der Waals surface area contributed by atoms with E-state index in [0.29, 0.717) is 0 Å². The smallest absolute Gasteiger partial charge is 0.0625 e. The van der Waals surface area contributed by atoms with Crippen LogP contribution < -0.4 is 5.32 Å². The van der Waals surface area contributed by atoms with Crippen molar-refractivity contribution in [3.63, 3.8) is 0 Å². The van der Waals surface area contributed by atoms with Crippen molar-refractivity contribution in [2.75, 3.05) is 20.1 Å². The van der Waals surface area contributed by atoms with E-state index in [9.17, 15) is 0 Å². The van der Waals surface area contributed by atoms with Crippen LogP contribution in [-0.2, 0) is 19.5 Å². The molecule has 2 rings (SSSR count). The van der Waals surface area contributed by atoms with E-state index in [2.05, 4.69) is 47.0 Å². The standard InChI is InChI=1S/C14H26N4/c1-4-12-10-14(18(5-2)16-12)11-17(3)13-6-8-15-9-7-13/h10,13,15H,4-9,11H2,1-3H3. The Morgan fingerprint density at radius 1 is 1.39 bits per heavy atom. The lowest BCUT2D eigenvalue weighted by atomic mass is 10.1. The lowest BCUT2D eigenvalue weighted by Crippen LogP contribution is -2.41. The zero-order valence-corrected chi connectivity index (χ0v) is 11.9. The minimum Gasteiger partial charge on any atom is -0.317 e. The van der Waals surface area contributed by atoms with Crippen LogP contribution >= 0.6 is 0 Å². The quantitative estimate of drug-likeness (QED) is 0.862. The lowest BCUT2D eigenvalue weighted by molar-refractivity contribution is 0.187. The van der Waals surface area contributed by atoms with Gasteiger partial charge in [-0.1, -0.05) is 6.92 Å². The van der Waals surface area contributed by atoms with Gasteiger partial charge in [-0.25, -0.2) is 0 Å². The van der Waals surface area contributed by atoms with E-state index in [1.807, 2.05) is 0 Å². The second-order valence-corrected chi connectivity index (χ2v) is 5.19. The Morgan fingerprint density at radius 2 is 2.11 bits per heavy atom. The average Bonchev–Trinajstić information content (AvgIpc) is 2.82. The predicted octanol–water partition coefficient (Wildman–Crippen LogP) is 1.65. The van der Waals surface area contributed by atoms with Gasteiger partial charge in [0, 0.05) is 19.1 Å². The minimum atomic E-state index is 0.719. The Bertz CT molecular complexity index is 366. The summed E-state index contributed by atoms with van der Waals surface area (Å²) in [5.74, 6) is 0. The average molecular weight is 250 g/mol. The number of hydrogen-bond acceptors (Lipinski definition) is 3. The van der Waals surface area contributed by atoms with Crippen molar-refractivity contribution in [1.82, 2.24) is 20.0 Å². The fraction of sp³-hybridized carbons (Fsp3) is 0.786. The number of nitrogens with zero attached hydrogens (tertiary/aromatic N) is 3. The first-order valence-electron chi connectivity index (χ1n) is 7.21. The van der Waals surface area contributed by atoms with Crippen molar-refractivity contribution in [2.45, 2.75) is 52.2 Å². The molecular weight excluding hydrogens is 224 g/mol. The molecule has 4 nitrogen and oxygen atoms in total. The van der Waals surface area contributed by atoms with E-state index in [1.54, 1.807) is 0 Å². The normalized spacial score (nSPS) is 17.6. The fourth-order valence-electron chi connectivity index (χ4n) is 2.72. The SMILES string of the molecule is CCc1cc(CN(C)C2CCNCC2)n(CC)n1. The van der Waals surface area contributed by atoms with E-state index >= 15 is 0 Å². The van der Waals surface area contributed by atoms with Gasteiger partial charge < -0.3 is 5.32 Å². The number of nitrogens with one attached hydrogen (secondary N) is 1. The molecule has 0 radical (unpaired) electrons. The molecule has 1 N–H and O–H groups in total. The van der Waals surface area contributed by atoms with Crippen molar-refractivity contribution in [3.8, 4) is 0 Å². The summed E-state index contributed by atoms with van der Waals surface area (Å²) in [6.07, 6.45) is 3.55. The van der Waals surface area contributed by atoms with Crippen LogP contribution in [0.15, 0.2) is 6.07 Å². The van der Waals surface area contributed by atoms with Gasteiger partial charge in [-0.05, 0) is 52.4 Å². The molecule has 0 atom stereocenters. The van der Waals surface area contributed by atoms with Crippen LogP contribution in [0.3, 0.4) is 0 Å². The molecule has 1 saturated heterocycles. The first kappa shape index (κ1) is 13.6. The van der Waals surface area contributed by atoms with Crippen LogP contribution in [-0.4, -0.2) is 40.9 Å². The van der Waals surface area contributed by atoms with E-state index < -0.39 is 0 Å². The molecule has 0 aliphatic carbocycles. The topological polar surface area (TPSA) is 33.1 Å². The second kappa shape index (κ2) is 6.34. The van der Waals surface area contributed by atoms with Crippen LogP contribution in [0, 0.1) is 0 Å². The Labute approximate surface area is 110 Å². The van der Waals surface area contributed by atoms with Crippen molar-refractivity contribution >= 4 is 0 Å². The molecule has 1 aromatic heterocycles. The molecule has 0 spiro atoms. The molecule has 1 fully saturated rings. The zero-order chi connectivity index (χ0) is 13.0. The summed E-state index contributed by atoms with van der Waals surface area (Å²) in [5, 5.41) is 8.05. The Hall–Kier alpha value is -0.870. The van der Waals surface area contributed by atoms with E-state index in [4.69, 9.17) is 0 Å². The molecule has 1 aromatic rings. The third kappa shape index (κ3) is 3.12. The Kier molecular flexibility index (Phi) is 4.78. The van der Waals surface area contributed by atoms with E-state index in [0.717, 1.165) is 38.6 Å². The number of hydrogen-bond donors (Lipinski definition) is 1. The maximum absolute atomic E-state index is 4.62. The van der Waals surface area contributed by atoms with Crippen molar-refractivity contribution < 1.29 is 0 Å². The molecule has 102 valence electrons. The minimum absolute atomic E-state index is 0.719. The van der Waals surface area contributed by atoms with Crippen LogP contribution in [0.1, 0.15) is 38.1 Å². The van der Waals surface area contributed by atoms with Crippen LogP contribution in [0.5, 0.6) is 0 Å². The zero-order valence-electron chi connectivity index (χ0n) is 11.9. The predicted molar refractivity (Wildman–Crippen MR) is 74.6 cm³/mol. The second-order valence-electron chi connectivity index (χ2n) is 5.19. The van der Waals surface area contributed by atoms with Gasteiger partial charge in [-0.15, -0.1) is 0 Å². The Balaban J connectivity index is 2.00. The molecule has 1 aliphatic rings. The monoisotopic (exact) mass is 250 g/mol. The molecule has 18 heavy (non-hydrogen) atoms. The summed E-state index contributed by atoms with van der Waals surface area (Å²) >= 11 is 0. The summed E-state index contributed by atoms with van der Waals surface area (Å²) in [4.78, 5) is 2.49. The van der Waals surface area contributed by atoms with Crippen LogP contribution in [0.2, 0.25) is 0 Å². The maximum atomic E-state index is 4.62. The summed E-state index contributed by atoms with van der Waals surface area (Å²) in [6.45, 7) is 8.63. The van der Waals surface area contributed by atoms with Gasteiger partial charge >= 0.3 is 0 Å². The summed E-state index contributed by atoms with van der Waals surface area (Å²) < 4.78 is 2.15. The van der Waals surface area contributed by atoms with E-state index in [-0.39, 0.29) is 0 Å². The van der Waals surface area contributed by atoms with Gasteiger partial charge in [0.15, 0.2) is 0 Å². The first-order valence-corrected chi connectivity index (χ1v) is 7.21. The third-order valence-corrected chi connectivity index (χ3v) is 3.92. The molecule has 0 amide bonds. The van der Waals surface area contributed by atoms with Crippen molar-refractivity contribution in [1.29, 1.82) is 0 Å². The van der Waals surface area contributed by atoms with E-state index in [1.165, 1.54) is 24.2 Å². The molecule has 4 heteroatoms.